The minimum absolute atomic E-state index is 0.357. The number of rotatable bonds is 4. The Balaban J connectivity index is 2.22. The zero-order valence-electron chi connectivity index (χ0n) is 11.7. The van der Waals surface area contributed by atoms with E-state index in [9.17, 15) is 0 Å². The molecular formula is C16H22N2. The Labute approximate surface area is 110 Å². The molecule has 0 bridgehead atoms. The van der Waals surface area contributed by atoms with E-state index >= 15 is 0 Å². The lowest BCUT2D eigenvalue weighted by atomic mass is 10.0. The molecule has 0 spiro atoms. The SMILES string of the molecule is CCC(Nn1c(C)ccc1C)c1ccc(C)cc1. The van der Waals surface area contributed by atoms with Gasteiger partial charge in [0, 0.05) is 11.4 Å². The van der Waals surface area contributed by atoms with E-state index < -0.39 is 0 Å². The van der Waals surface area contributed by atoms with E-state index in [-0.39, 0.29) is 0 Å². The second kappa shape index (κ2) is 5.30. The molecule has 0 saturated heterocycles. The summed E-state index contributed by atoms with van der Waals surface area (Å²) in [6, 6.07) is 13.4. The van der Waals surface area contributed by atoms with Gasteiger partial charge < -0.3 is 5.43 Å². The van der Waals surface area contributed by atoms with E-state index in [0.29, 0.717) is 6.04 Å². The number of hydrogen-bond acceptors (Lipinski definition) is 1. The lowest BCUT2D eigenvalue weighted by molar-refractivity contribution is 0.636. The van der Waals surface area contributed by atoms with Gasteiger partial charge in [0.15, 0.2) is 0 Å². The maximum atomic E-state index is 3.60. The molecule has 18 heavy (non-hydrogen) atoms. The van der Waals surface area contributed by atoms with E-state index in [4.69, 9.17) is 0 Å². The van der Waals surface area contributed by atoms with E-state index in [2.05, 4.69) is 74.2 Å². The predicted octanol–water partition coefficient (Wildman–Crippen LogP) is 4.11. The molecular weight excluding hydrogens is 220 g/mol. The summed E-state index contributed by atoms with van der Waals surface area (Å²) in [7, 11) is 0. The van der Waals surface area contributed by atoms with E-state index in [1.807, 2.05) is 0 Å². The van der Waals surface area contributed by atoms with Crippen LogP contribution in [0.2, 0.25) is 0 Å². The van der Waals surface area contributed by atoms with Crippen LogP contribution in [0.15, 0.2) is 36.4 Å². The molecule has 1 atom stereocenters. The molecule has 96 valence electrons. The van der Waals surface area contributed by atoms with Gasteiger partial charge in [-0.2, -0.15) is 0 Å². The predicted molar refractivity (Wildman–Crippen MR) is 77.5 cm³/mol. The van der Waals surface area contributed by atoms with Crippen LogP contribution in [0.5, 0.6) is 0 Å². The van der Waals surface area contributed by atoms with Crippen molar-refractivity contribution in [1.29, 1.82) is 0 Å². The highest BCUT2D eigenvalue weighted by Crippen LogP contribution is 2.19. The fourth-order valence-corrected chi connectivity index (χ4v) is 2.23. The van der Waals surface area contributed by atoms with Gasteiger partial charge in [0.2, 0.25) is 0 Å². The summed E-state index contributed by atoms with van der Waals surface area (Å²) in [5, 5.41) is 0. The lowest BCUT2D eigenvalue weighted by Crippen LogP contribution is -2.22. The van der Waals surface area contributed by atoms with Crippen LogP contribution in [-0.2, 0) is 0 Å². The van der Waals surface area contributed by atoms with Crippen molar-refractivity contribution in [1.82, 2.24) is 4.68 Å². The third-order valence-corrected chi connectivity index (χ3v) is 3.44. The standard InChI is InChI=1S/C16H22N2/c1-5-16(15-10-6-12(2)7-11-15)17-18-13(3)8-9-14(18)4/h6-11,16-17H,5H2,1-4H3. The summed E-state index contributed by atoms with van der Waals surface area (Å²) in [6.07, 6.45) is 1.07. The smallest absolute Gasteiger partial charge is 0.0671 e. The summed E-state index contributed by atoms with van der Waals surface area (Å²) in [6.45, 7) is 8.59. The third kappa shape index (κ3) is 2.58. The Kier molecular flexibility index (Phi) is 3.75. The van der Waals surface area contributed by atoms with Crippen LogP contribution in [-0.4, -0.2) is 4.68 Å². The maximum Gasteiger partial charge on any atom is 0.0671 e. The van der Waals surface area contributed by atoms with Crippen molar-refractivity contribution in [3.05, 3.63) is 58.9 Å². The van der Waals surface area contributed by atoms with Crippen molar-refractivity contribution in [3.63, 3.8) is 0 Å². The van der Waals surface area contributed by atoms with Crippen LogP contribution in [0.3, 0.4) is 0 Å². The molecule has 1 unspecified atom stereocenters. The molecule has 1 aromatic carbocycles. The van der Waals surface area contributed by atoms with Gasteiger partial charge in [-0.3, -0.25) is 4.68 Å². The van der Waals surface area contributed by atoms with Crippen molar-refractivity contribution >= 4 is 0 Å². The molecule has 2 aromatic rings. The van der Waals surface area contributed by atoms with Gasteiger partial charge in [0.1, 0.15) is 0 Å². The molecule has 2 rings (SSSR count). The van der Waals surface area contributed by atoms with E-state index in [1.54, 1.807) is 0 Å². The van der Waals surface area contributed by atoms with Crippen LogP contribution >= 0.6 is 0 Å². The summed E-state index contributed by atoms with van der Waals surface area (Å²) < 4.78 is 2.17. The Morgan fingerprint density at radius 3 is 2.00 bits per heavy atom. The average molecular weight is 242 g/mol. The maximum absolute atomic E-state index is 3.60. The molecule has 0 radical (unpaired) electrons. The highest BCUT2D eigenvalue weighted by Gasteiger charge is 2.10. The highest BCUT2D eigenvalue weighted by atomic mass is 15.4. The van der Waals surface area contributed by atoms with E-state index in [1.165, 1.54) is 22.5 Å². The van der Waals surface area contributed by atoms with E-state index in [0.717, 1.165) is 6.42 Å². The Hall–Kier alpha value is -1.70. The van der Waals surface area contributed by atoms with Crippen molar-refractivity contribution < 1.29 is 0 Å². The quantitative estimate of drug-likeness (QED) is 0.853. The molecule has 1 N–H and O–H groups in total. The zero-order chi connectivity index (χ0) is 13.1. The minimum atomic E-state index is 0.357. The summed E-state index contributed by atoms with van der Waals surface area (Å²) >= 11 is 0. The van der Waals surface area contributed by atoms with Gasteiger partial charge in [-0.05, 0) is 44.9 Å². The van der Waals surface area contributed by atoms with Crippen molar-refractivity contribution in [2.24, 2.45) is 0 Å². The van der Waals surface area contributed by atoms with Crippen molar-refractivity contribution in [3.8, 4) is 0 Å². The van der Waals surface area contributed by atoms with Crippen LogP contribution < -0.4 is 5.43 Å². The van der Waals surface area contributed by atoms with Gasteiger partial charge in [-0.25, -0.2) is 0 Å². The Morgan fingerprint density at radius 1 is 0.944 bits per heavy atom. The Morgan fingerprint density at radius 2 is 1.50 bits per heavy atom. The molecule has 2 nitrogen and oxygen atoms in total. The fourth-order valence-electron chi connectivity index (χ4n) is 2.23. The van der Waals surface area contributed by atoms with Crippen molar-refractivity contribution in [2.75, 3.05) is 5.43 Å². The first kappa shape index (κ1) is 12.7. The molecule has 1 aromatic heterocycles. The van der Waals surface area contributed by atoms with Gasteiger partial charge in [0.05, 0.1) is 6.04 Å². The minimum Gasteiger partial charge on any atom is -0.318 e. The molecule has 1 heterocycles. The molecule has 0 aliphatic carbocycles. The molecule has 2 heteroatoms. The number of aryl methyl sites for hydroxylation is 3. The second-order valence-electron chi connectivity index (χ2n) is 4.95. The van der Waals surface area contributed by atoms with Gasteiger partial charge >= 0.3 is 0 Å². The Bertz CT molecular complexity index is 489. The molecule has 0 aliphatic heterocycles. The molecule has 0 amide bonds. The molecule has 0 saturated carbocycles. The first-order chi connectivity index (χ1) is 8.61. The van der Waals surface area contributed by atoms with Gasteiger partial charge in [-0.1, -0.05) is 36.8 Å². The largest absolute Gasteiger partial charge is 0.318 e. The first-order valence-corrected chi connectivity index (χ1v) is 6.60. The highest BCUT2D eigenvalue weighted by molar-refractivity contribution is 5.26. The second-order valence-corrected chi connectivity index (χ2v) is 4.95. The van der Waals surface area contributed by atoms with Gasteiger partial charge in [-0.15, -0.1) is 0 Å². The number of benzene rings is 1. The average Bonchev–Trinajstić information content (AvgIpc) is 2.68. The van der Waals surface area contributed by atoms with Gasteiger partial charge in [0.25, 0.3) is 0 Å². The number of aromatic nitrogens is 1. The monoisotopic (exact) mass is 242 g/mol. The number of hydrogen-bond donors (Lipinski definition) is 1. The first-order valence-electron chi connectivity index (χ1n) is 6.60. The summed E-state index contributed by atoms with van der Waals surface area (Å²) in [5.41, 5.74) is 8.74. The summed E-state index contributed by atoms with van der Waals surface area (Å²) in [4.78, 5) is 0. The zero-order valence-corrected chi connectivity index (χ0v) is 11.7. The van der Waals surface area contributed by atoms with Crippen molar-refractivity contribution in [2.45, 2.75) is 40.2 Å². The van der Waals surface area contributed by atoms with Crippen LogP contribution in [0.1, 0.15) is 41.9 Å². The molecule has 0 aliphatic rings. The number of nitrogens with zero attached hydrogens (tertiary/aromatic N) is 1. The normalized spacial score (nSPS) is 12.4. The van der Waals surface area contributed by atoms with Crippen LogP contribution in [0.25, 0.3) is 0 Å². The molecule has 0 fully saturated rings. The topological polar surface area (TPSA) is 17.0 Å². The number of nitrogens with one attached hydrogen (secondary N) is 1. The lowest BCUT2D eigenvalue weighted by Gasteiger charge is -2.22. The fraction of sp³-hybridized carbons (Fsp3) is 0.375. The van der Waals surface area contributed by atoms with Crippen LogP contribution in [0, 0.1) is 20.8 Å². The third-order valence-electron chi connectivity index (χ3n) is 3.44. The summed E-state index contributed by atoms with van der Waals surface area (Å²) in [5.74, 6) is 0. The van der Waals surface area contributed by atoms with Crippen LogP contribution in [0.4, 0.5) is 0 Å².